The highest BCUT2D eigenvalue weighted by atomic mass is 32.2. The third-order valence-electron chi connectivity index (χ3n) is 2.83. The maximum atomic E-state index is 2.28. The van der Waals surface area contributed by atoms with Gasteiger partial charge in [-0.25, -0.2) is 0 Å². The maximum absolute atomic E-state index is 2.28. The lowest BCUT2D eigenvalue weighted by Gasteiger charge is -2.18. The molecule has 3 atom stereocenters. The van der Waals surface area contributed by atoms with Crippen LogP contribution in [0.3, 0.4) is 0 Å². The van der Waals surface area contributed by atoms with Crippen LogP contribution in [0.15, 0.2) is 0 Å². The summed E-state index contributed by atoms with van der Waals surface area (Å²) in [5.74, 6) is 3.89. The summed E-state index contributed by atoms with van der Waals surface area (Å²) < 4.78 is 0. The van der Waals surface area contributed by atoms with E-state index in [4.69, 9.17) is 0 Å². The van der Waals surface area contributed by atoms with Crippen molar-refractivity contribution in [1.82, 2.24) is 0 Å². The second-order valence-corrected chi connectivity index (χ2v) is 6.48. The molecule has 1 aliphatic heterocycles. The van der Waals surface area contributed by atoms with Crippen molar-refractivity contribution in [3.63, 3.8) is 0 Å². The van der Waals surface area contributed by atoms with E-state index in [1.165, 1.54) is 37.2 Å². The molecule has 0 nitrogen and oxygen atoms in total. The fourth-order valence-corrected chi connectivity index (χ4v) is 4.79. The van der Waals surface area contributed by atoms with Crippen LogP contribution in [0.25, 0.3) is 0 Å². The maximum Gasteiger partial charge on any atom is 0.0205 e. The average molecular weight is 202 g/mol. The molecule has 0 aromatic rings. The zero-order valence-electron chi connectivity index (χ0n) is 7.79. The molecule has 0 spiro atoms. The summed E-state index contributed by atoms with van der Waals surface area (Å²) in [4.78, 5) is 0. The van der Waals surface area contributed by atoms with Crippen LogP contribution in [0.1, 0.15) is 32.6 Å². The van der Waals surface area contributed by atoms with E-state index < -0.39 is 0 Å². The molecular formula is C10H18S2. The van der Waals surface area contributed by atoms with Crippen LogP contribution in [-0.4, -0.2) is 22.0 Å². The summed E-state index contributed by atoms with van der Waals surface area (Å²) in [6, 6.07) is 0. The highest BCUT2D eigenvalue weighted by Crippen LogP contribution is 2.54. The summed E-state index contributed by atoms with van der Waals surface area (Å²) in [5.41, 5.74) is 0. The smallest absolute Gasteiger partial charge is 0.0205 e. The minimum Gasteiger partial charge on any atom is -0.162 e. The third-order valence-corrected chi connectivity index (χ3v) is 5.78. The molecule has 1 aliphatic carbocycles. The van der Waals surface area contributed by atoms with Crippen LogP contribution in [0.4, 0.5) is 0 Å². The first-order valence-electron chi connectivity index (χ1n) is 5.15. The van der Waals surface area contributed by atoms with Crippen LogP contribution in [-0.2, 0) is 0 Å². The molecule has 70 valence electrons. The van der Waals surface area contributed by atoms with Gasteiger partial charge in [-0.1, -0.05) is 13.3 Å². The van der Waals surface area contributed by atoms with Crippen LogP contribution in [0.2, 0.25) is 0 Å². The minimum absolute atomic E-state index is 1.07. The molecular weight excluding hydrogens is 184 g/mol. The molecule has 1 saturated heterocycles. The van der Waals surface area contributed by atoms with Gasteiger partial charge < -0.3 is 0 Å². The molecule has 2 rings (SSSR count). The van der Waals surface area contributed by atoms with Gasteiger partial charge in [-0.15, -0.1) is 0 Å². The molecule has 0 aromatic heterocycles. The fourth-order valence-electron chi connectivity index (χ4n) is 2.11. The van der Waals surface area contributed by atoms with Gasteiger partial charge in [-0.3, -0.25) is 0 Å². The van der Waals surface area contributed by atoms with Crippen molar-refractivity contribution in [1.29, 1.82) is 0 Å². The summed E-state index contributed by atoms with van der Waals surface area (Å²) >= 11 is 4.43. The van der Waals surface area contributed by atoms with Gasteiger partial charge in [-0.2, -0.15) is 23.5 Å². The normalized spacial score (nSPS) is 39.2. The zero-order valence-corrected chi connectivity index (χ0v) is 9.42. The first kappa shape index (κ1) is 9.26. The number of thioether (sulfide) groups is 2. The van der Waals surface area contributed by atoms with Crippen molar-refractivity contribution in [2.24, 2.45) is 5.92 Å². The van der Waals surface area contributed by atoms with E-state index in [0.29, 0.717) is 0 Å². The molecule has 1 heterocycles. The molecule has 0 bridgehead atoms. The minimum atomic E-state index is 1.07. The Bertz CT molecular complexity index is 147. The second kappa shape index (κ2) is 4.28. The lowest BCUT2D eigenvalue weighted by Crippen LogP contribution is -2.18. The molecule has 3 unspecified atom stereocenters. The SMILES string of the molecule is CCCSCC1CCCC2SC12. The number of rotatable bonds is 4. The summed E-state index contributed by atoms with van der Waals surface area (Å²) in [5, 5.41) is 2.18. The van der Waals surface area contributed by atoms with E-state index in [1.807, 2.05) is 0 Å². The Morgan fingerprint density at radius 3 is 3.17 bits per heavy atom. The molecule has 12 heavy (non-hydrogen) atoms. The monoisotopic (exact) mass is 202 g/mol. The Morgan fingerprint density at radius 2 is 2.33 bits per heavy atom. The zero-order chi connectivity index (χ0) is 8.39. The number of fused-ring (bicyclic) bond motifs is 1. The van der Waals surface area contributed by atoms with Crippen LogP contribution < -0.4 is 0 Å². The molecule has 2 heteroatoms. The predicted molar refractivity (Wildman–Crippen MR) is 60.1 cm³/mol. The topological polar surface area (TPSA) is 0 Å². The second-order valence-electron chi connectivity index (χ2n) is 3.91. The number of hydrogen-bond donors (Lipinski definition) is 0. The quantitative estimate of drug-likeness (QED) is 0.506. The van der Waals surface area contributed by atoms with Crippen LogP contribution in [0, 0.1) is 5.92 Å². The van der Waals surface area contributed by atoms with Crippen molar-refractivity contribution in [2.75, 3.05) is 11.5 Å². The first-order valence-corrected chi connectivity index (χ1v) is 7.24. The molecule has 1 saturated carbocycles. The lowest BCUT2D eigenvalue weighted by molar-refractivity contribution is 0.448. The van der Waals surface area contributed by atoms with Gasteiger partial charge in [0.1, 0.15) is 0 Å². The van der Waals surface area contributed by atoms with Gasteiger partial charge in [0.2, 0.25) is 0 Å². The van der Waals surface area contributed by atoms with E-state index in [9.17, 15) is 0 Å². The van der Waals surface area contributed by atoms with E-state index >= 15 is 0 Å². The largest absolute Gasteiger partial charge is 0.162 e. The van der Waals surface area contributed by atoms with Gasteiger partial charge in [0.05, 0.1) is 0 Å². The Morgan fingerprint density at radius 1 is 1.42 bits per heavy atom. The molecule has 0 radical (unpaired) electrons. The molecule has 0 amide bonds. The van der Waals surface area contributed by atoms with Crippen molar-refractivity contribution in [3.05, 3.63) is 0 Å². The number of hydrogen-bond acceptors (Lipinski definition) is 2. The molecule has 0 aromatic carbocycles. The van der Waals surface area contributed by atoms with E-state index in [-0.39, 0.29) is 0 Å². The third kappa shape index (κ3) is 2.14. The summed E-state index contributed by atoms with van der Waals surface area (Å²) in [7, 11) is 0. The van der Waals surface area contributed by atoms with Gasteiger partial charge >= 0.3 is 0 Å². The highest BCUT2D eigenvalue weighted by molar-refractivity contribution is 8.07. The Labute approximate surface area is 84.3 Å². The van der Waals surface area contributed by atoms with Crippen LogP contribution in [0.5, 0.6) is 0 Å². The van der Waals surface area contributed by atoms with E-state index in [2.05, 4.69) is 30.4 Å². The highest BCUT2D eigenvalue weighted by Gasteiger charge is 2.45. The van der Waals surface area contributed by atoms with Crippen LogP contribution >= 0.6 is 23.5 Å². The average Bonchev–Trinajstić information content (AvgIpc) is 2.84. The molecule has 0 N–H and O–H groups in total. The van der Waals surface area contributed by atoms with E-state index in [0.717, 1.165) is 16.4 Å². The Hall–Kier alpha value is 0.700. The predicted octanol–water partition coefficient (Wildman–Crippen LogP) is 3.41. The van der Waals surface area contributed by atoms with Crippen molar-refractivity contribution in [3.8, 4) is 0 Å². The van der Waals surface area contributed by atoms with Gasteiger partial charge in [0.25, 0.3) is 0 Å². The lowest BCUT2D eigenvalue weighted by atomic mass is 9.91. The standard InChI is InChI=1S/C10H18S2/c1-2-6-11-7-8-4-3-5-9-10(8)12-9/h8-10H,2-7H2,1H3. The molecule has 2 aliphatic rings. The first-order chi connectivity index (χ1) is 5.92. The van der Waals surface area contributed by atoms with Crippen molar-refractivity contribution in [2.45, 2.75) is 43.1 Å². The van der Waals surface area contributed by atoms with Crippen molar-refractivity contribution < 1.29 is 0 Å². The van der Waals surface area contributed by atoms with Crippen molar-refractivity contribution >= 4 is 23.5 Å². The Kier molecular flexibility index (Phi) is 3.30. The van der Waals surface area contributed by atoms with Gasteiger partial charge in [0.15, 0.2) is 0 Å². The van der Waals surface area contributed by atoms with Gasteiger partial charge in [-0.05, 0) is 36.7 Å². The Balaban J connectivity index is 1.66. The molecule has 2 fully saturated rings. The summed E-state index contributed by atoms with van der Waals surface area (Å²) in [6.07, 6.45) is 5.89. The van der Waals surface area contributed by atoms with Gasteiger partial charge in [0, 0.05) is 10.5 Å². The fraction of sp³-hybridized carbons (Fsp3) is 1.00. The van der Waals surface area contributed by atoms with E-state index in [1.54, 1.807) is 0 Å². The summed E-state index contributed by atoms with van der Waals surface area (Å²) in [6.45, 7) is 2.28.